The summed E-state index contributed by atoms with van der Waals surface area (Å²) >= 11 is 0. The Hall–Kier alpha value is -2.82. The molecule has 0 saturated heterocycles. The van der Waals surface area contributed by atoms with Gasteiger partial charge >= 0.3 is 5.97 Å². The number of carbonyl (C=O) groups is 2. The molecule has 0 unspecified atom stereocenters. The monoisotopic (exact) mass is 337 g/mol. The molecule has 1 amide bonds. The average molecular weight is 337 g/mol. The third-order valence-electron chi connectivity index (χ3n) is 5.20. The van der Waals surface area contributed by atoms with Gasteiger partial charge in [0.2, 0.25) is 5.91 Å². The molecule has 25 heavy (non-hydrogen) atoms. The molecule has 1 saturated carbocycles. The Balaban J connectivity index is 1.55. The molecular weight excluding hydrogens is 318 g/mol. The van der Waals surface area contributed by atoms with Gasteiger partial charge in [-0.1, -0.05) is 24.3 Å². The summed E-state index contributed by atoms with van der Waals surface area (Å²) in [5, 5.41) is 12.4. The molecule has 2 aromatic rings. The zero-order valence-corrected chi connectivity index (χ0v) is 13.8. The van der Waals surface area contributed by atoms with Crippen LogP contribution in [0.3, 0.4) is 0 Å². The first-order valence-electron chi connectivity index (χ1n) is 8.42. The van der Waals surface area contributed by atoms with Gasteiger partial charge in [-0.15, -0.1) is 0 Å². The quantitative estimate of drug-likeness (QED) is 0.834. The molecule has 0 aliphatic heterocycles. The zero-order chi connectivity index (χ0) is 17.6. The Morgan fingerprint density at radius 1 is 1.12 bits per heavy atom. The number of aliphatic carboxylic acids is 1. The number of carbonyl (C=O) groups excluding carboxylic acids is 1. The highest BCUT2D eigenvalue weighted by molar-refractivity contribution is 5.96. The lowest BCUT2D eigenvalue weighted by Crippen LogP contribution is -2.36. The van der Waals surface area contributed by atoms with Gasteiger partial charge in [-0.3, -0.25) is 9.59 Å². The number of amides is 1. The minimum absolute atomic E-state index is 0.0157. The molecule has 2 aliphatic carbocycles. The number of furan rings is 1. The Bertz CT molecular complexity index is 866. The van der Waals surface area contributed by atoms with E-state index in [0.29, 0.717) is 5.69 Å². The number of hydrogen-bond acceptors (Lipinski definition) is 3. The molecule has 1 heterocycles. The van der Waals surface area contributed by atoms with Gasteiger partial charge in [-0.25, -0.2) is 0 Å². The molecule has 4 rings (SSSR count). The highest BCUT2D eigenvalue weighted by atomic mass is 16.4. The minimum atomic E-state index is -0.892. The van der Waals surface area contributed by atoms with Crippen LogP contribution in [0.1, 0.15) is 12.2 Å². The lowest BCUT2D eigenvalue weighted by molar-refractivity contribution is -0.146. The van der Waals surface area contributed by atoms with Crippen molar-refractivity contribution in [2.75, 3.05) is 5.32 Å². The first kappa shape index (κ1) is 15.7. The molecule has 1 fully saturated rings. The van der Waals surface area contributed by atoms with E-state index in [9.17, 15) is 14.7 Å². The molecule has 0 radical (unpaired) electrons. The molecule has 5 nitrogen and oxygen atoms in total. The standard InChI is InChI=1S/C20H19NO4/c1-11-5-8-16(25-11)12-3-2-4-15(10-12)21-19(22)17-13-6-7-14(9-13)18(17)20(23)24/h2-8,10,13-14,17-18H,9H2,1H3,(H,21,22)(H,23,24)/t13-,14-,17-,18-/m0/s1. The summed E-state index contributed by atoms with van der Waals surface area (Å²) in [6.07, 6.45) is 4.67. The van der Waals surface area contributed by atoms with Crippen LogP contribution in [0.4, 0.5) is 5.69 Å². The van der Waals surface area contributed by atoms with Crippen LogP contribution in [0.5, 0.6) is 0 Å². The van der Waals surface area contributed by atoms with Crippen molar-refractivity contribution in [3.05, 3.63) is 54.3 Å². The summed E-state index contributed by atoms with van der Waals surface area (Å²) in [6, 6.07) is 11.2. The first-order valence-corrected chi connectivity index (χ1v) is 8.42. The van der Waals surface area contributed by atoms with E-state index in [4.69, 9.17) is 4.42 Å². The van der Waals surface area contributed by atoms with E-state index in [1.807, 2.05) is 49.4 Å². The van der Waals surface area contributed by atoms with Crippen molar-refractivity contribution in [2.24, 2.45) is 23.7 Å². The maximum Gasteiger partial charge on any atom is 0.307 e. The fourth-order valence-electron chi connectivity index (χ4n) is 4.08. The van der Waals surface area contributed by atoms with Crippen molar-refractivity contribution in [1.82, 2.24) is 0 Å². The van der Waals surface area contributed by atoms with Crippen LogP contribution in [0, 0.1) is 30.6 Å². The van der Waals surface area contributed by atoms with Gasteiger partial charge in [-0.2, -0.15) is 0 Å². The highest BCUT2D eigenvalue weighted by Crippen LogP contribution is 2.48. The van der Waals surface area contributed by atoms with Crippen molar-refractivity contribution in [3.63, 3.8) is 0 Å². The topological polar surface area (TPSA) is 79.5 Å². The van der Waals surface area contributed by atoms with Crippen LogP contribution in [0.2, 0.25) is 0 Å². The van der Waals surface area contributed by atoms with Gasteiger partial charge in [0.15, 0.2) is 0 Å². The van der Waals surface area contributed by atoms with E-state index in [-0.39, 0.29) is 17.7 Å². The number of nitrogens with one attached hydrogen (secondary N) is 1. The minimum Gasteiger partial charge on any atom is -0.481 e. The number of allylic oxidation sites excluding steroid dienone is 2. The number of hydrogen-bond donors (Lipinski definition) is 2. The van der Waals surface area contributed by atoms with Gasteiger partial charge in [0.05, 0.1) is 11.8 Å². The van der Waals surface area contributed by atoms with Crippen LogP contribution < -0.4 is 5.32 Å². The summed E-state index contributed by atoms with van der Waals surface area (Å²) in [5.41, 5.74) is 1.51. The molecule has 5 heteroatoms. The molecule has 1 aromatic carbocycles. The molecule has 2 N–H and O–H groups in total. The first-order chi connectivity index (χ1) is 12.0. The summed E-state index contributed by atoms with van der Waals surface area (Å²) < 4.78 is 5.62. The molecule has 0 spiro atoms. The fourth-order valence-corrected chi connectivity index (χ4v) is 4.08. The Labute approximate surface area is 145 Å². The molecular formula is C20H19NO4. The number of fused-ring (bicyclic) bond motifs is 2. The van der Waals surface area contributed by atoms with E-state index in [1.54, 1.807) is 6.07 Å². The third kappa shape index (κ3) is 2.76. The van der Waals surface area contributed by atoms with Crippen molar-refractivity contribution in [3.8, 4) is 11.3 Å². The smallest absolute Gasteiger partial charge is 0.307 e. The zero-order valence-electron chi connectivity index (χ0n) is 13.8. The maximum absolute atomic E-state index is 12.7. The van der Waals surface area contributed by atoms with Gasteiger partial charge in [-0.05, 0) is 49.4 Å². The van der Waals surface area contributed by atoms with Crippen LogP contribution >= 0.6 is 0 Å². The lowest BCUT2D eigenvalue weighted by Gasteiger charge is -2.23. The molecule has 2 bridgehead atoms. The number of aryl methyl sites for hydroxylation is 1. The number of anilines is 1. The van der Waals surface area contributed by atoms with Gasteiger partial charge in [0.25, 0.3) is 0 Å². The maximum atomic E-state index is 12.7. The van der Waals surface area contributed by atoms with Crippen LogP contribution in [-0.2, 0) is 9.59 Å². The van der Waals surface area contributed by atoms with Crippen molar-refractivity contribution in [1.29, 1.82) is 0 Å². The molecule has 1 aromatic heterocycles. The van der Waals surface area contributed by atoms with Crippen molar-refractivity contribution >= 4 is 17.6 Å². The van der Waals surface area contributed by atoms with Gasteiger partial charge in [0, 0.05) is 11.3 Å². The summed E-state index contributed by atoms with van der Waals surface area (Å²) in [7, 11) is 0. The fraction of sp³-hybridized carbons (Fsp3) is 0.300. The Morgan fingerprint density at radius 3 is 2.56 bits per heavy atom. The molecule has 2 aliphatic rings. The predicted molar refractivity (Wildman–Crippen MR) is 92.9 cm³/mol. The molecule has 128 valence electrons. The Morgan fingerprint density at radius 2 is 1.88 bits per heavy atom. The average Bonchev–Trinajstić information content (AvgIpc) is 3.30. The summed E-state index contributed by atoms with van der Waals surface area (Å²) in [4.78, 5) is 24.3. The van der Waals surface area contributed by atoms with E-state index in [1.165, 1.54) is 0 Å². The Kier molecular flexibility index (Phi) is 3.71. The normalized spacial score (nSPS) is 26.8. The number of rotatable bonds is 4. The van der Waals surface area contributed by atoms with E-state index in [2.05, 4.69) is 5.32 Å². The molecule has 4 atom stereocenters. The number of benzene rings is 1. The third-order valence-corrected chi connectivity index (χ3v) is 5.20. The second-order valence-electron chi connectivity index (χ2n) is 6.82. The van der Waals surface area contributed by atoms with Crippen LogP contribution in [0.25, 0.3) is 11.3 Å². The van der Waals surface area contributed by atoms with Crippen LogP contribution in [0.15, 0.2) is 53.0 Å². The van der Waals surface area contributed by atoms with Gasteiger partial charge < -0.3 is 14.8 Å². The van der Waals surface area contributed by atoms with Crippen molar-refractivity contribution < 1.29 is 19.1 Å². The second kappa shape index (κ2) is 5.92. The summed E-state index contributed by atoms with van der Waals surface area (Å²) in [5.74, 6) is -0.721. The van der Waals surface area contributed by atoms with Gasteiger partial charge in [0.1, 0.15) is 11.5 Å². The van der Waals surface area contributed by atoms with Crippen molar-refractivity contribution in [2.45, 2.75) is 13.3 Å². The van der Waals surface area contributed by atoms with Crippen LogP contribution in [-0.4, -0.2) is 17.0 Å². The largest absolute Gasteiger partial charge is 0.481 e. The SMILES string of the molecule is Cc1ccc(-c2cccc(NC(=O)[C@@H]3[C@@H](C(=O)O)[C@H]4C=C[C@H]3C4)c2)o1. The number of carboxylic acid groups (broad SMARTS) is 1. The summed E-state index contributed by atoms with van der Waals surface area (Å²) in [6.45, 7) is 1.88. The number of carboxylic acids is 1. The second-order valence-corrected chi connectivity index (χ2v) is 6.82. The van der Waals surface area contributed by atoms with E-state index >= 15 is 0 Å². The van der Waals surface area contributed by atoms with E-state index < -0.39 is 17.8 Å². The van der Waals surface area contributed by atoms with E-state index in [0.717, 1.165) is 23.5 Å². The highest BCUT2D eigenvalue weighted by Gasteiger charge is 2.51. The lowest BCUT2D eigenvalue weighted by atomic mass is 9.82. The predicted octanol–water partition coefficient (Wildman–Crippen LogP) is 3.72.